The Hall–Kier alpha value is -1.88. The monoisotopic (exact) mass is 345 g/mol. The first-order valence-corrected chi connectivity index (χ1v) is 9.55. The third-order valence-corrected chi connectivity index (χ3v) is 4.76. The average Bonchev–Trinajstić information content (AvgIpc) is 2.58. The van der Waals surface area contributed by atoms with Gasteiger partial charge in [-0.2, -0.15) is 0 Å². The van der Waals surface area contributed by atoms with Crippen LogP contribution in [0.3, 0.4) is 0 Å². The quantitative estimate of drug-likeness (QED) is 0.860. The Labute approximate surface area is 151 Å². The van der Waals surface area contributed by atoms with Crippen LogP contribution in [0.4, 0.5) is 5.69 Å². The van der Waals surface area contributed by atoms with Crippen LogP contribution in [-0.4, -0.2) is 54.3 Å². The molecule has 0 aromatic heterocycles. The molecule has 0 bridgehead atoms. The molecule has 5 heteroatoms. The fourth-order valence-corrected chi connectivity index (χ4v) is 3.30. The molecule has 1 aliphatic heterocycles. The number of likely N-dealkylation sites (tertiary alicyclic amines) is 1. The number of hydrogen-bond acceptors (Lipinski definition) is 3. The van der Waals surface area contributed by atoms with Gasteiger partial charge in [0.2, 0.25) is 5.91 Å². The molecule has 1 heterocycles. The van der Waals surface area contributed by atoms with Crippen molar-refractivity contribution in [3.05, 3.63) is 29.8 Å². The highest BCUT2D eigenvalue weighted by molar-refractivity contribution is 5.97. The summed E-state index contributed by atoms with van der Waals surface area (Å²) in [6.45, 7) is 7.71. The van der Waals surface area contributed by atoms with E-state index >= 15 is 0 Å². The summed E-state index contributed by atoms with van der Waals surface area (Å²) in [4.78, 5) is 28.8. The highest BCUT2D eigenvalue weighted by Gasteiger charge is 2.15. The first-order valence-electron chi connectivity index (χ1n) is 9.55. The molecule has 0 aliphatic carbocycles. The molecule has 0 radical (unpaired) electrons. The number of nitrogens with zero attached hydrogens (tertiary/aromatic N) is 2. The van der Waals surface area contributed by atoms with E-state index in [0.29, 0.717) is 30.9 Å². The lowest BCUT2D eigenvalue weighted by Gasteiger charge is -2.23. The van der Waals surface area contributed by atoms with Gasteiger partial charge in [-0.3, -0.25) is 14.5 Å². The summed E-state index contributed by atoms with van der Waals surface area (Å²) in [5.74, 6) is -0.00196. The second-order valence-electron chi connectivity index (χ2n) is 6.65. The van der Waals surface area contributed by atoms with E-state index in [1.807, 2.05) is 26.0 Å². The lowest BCUT2D eigenvalue weighted by atomic mass is 10.1. The molecule has 5 nitrogen and oxygen atoms in total. The van der Waals surface area contributed by atoms with E-state index in [1.54, 1.807) is 17.0 Å². The number of carbonyl (C=O) groups excluding carboxylic acids is 2. The third-order valence-electron chi connectivity index (χ3n) is 4.76. The summed E-state index contributed by atoms with van der Waals surface area (Å²) in [5.41, 5.74) is 1.31. The Balaban J connectivity index is 1.94. The second kappa shape index (κ2) is 10.2. The molecule has 0 spiro atoms. The molecular formula is C20H31N3O2. The predicted molar refractivity (Wildman–Crippen MR) is 102 cm³/mol. The van der Waals surface area contributed by atoms with Crippen molar-refractivity contribution in [3.8, 4) is 0 Å². The van der Waals surface area contributed by atoms with Crippen molar-refractivity contribution < 1.29 is 9.59 Å². The van der Waals surface area contributed by atoms with Gasteiger partial charge < -0.3 is 10.2 Å². The number of carbonyl (C=O) groups is 2. The number of amides is 2. The lowest BCUT2D eigenvalue weighted by Crippen LogP contribution is -2.35. The van der Waals surface area contributed by atoms with Gasteiger partial charge in [-0.1, -0.05) is 25.3 Å². The minimum Gasteiger partial charge on any atom is -0.339 e. The Morgan fingerprint density at radius 3 is 2.32 bits per heavy atom. The largest absolute Gasteiger partial charge is 0.339 e. The van der Waals surface area contributed by atoms with Crippen LogP contribution in [0.1, 0.15) is 56.3 Å². The molecule has 1 aliphatic rings. The normalized spacial score (nSPS) is 15.9. The molecule has 0 unspecified atom stereocenters. The summed E-state index contributed by atoms with van der Waals surface area (Å²) in [5, 5.41) is 2.94. The summed E-state index contributed by atoms with van der Waals surface area (Å²) >= 11 is 0. The van der Waals surface area contributed by atoms with Gasteiger partial charge in [0.05, 0.1) is 6.54 Å². The molecule has 0 atom stereocenters. The highest BCUT2D eigenvalue weighted by atomic mass is 16.2. The average molecular weight is 345 g/mol. The van der Waals surface area contributed by atoms with Gasteiger partial charge in [0.25, 0.3) is 5.91 Å². The van der Waals surface area contributed by atoms with E-state index in [0.717, 1.165) is 13.1 Å². The Morgan fingerprint density at radius 1 is 1.04 bits per heavy atom. The Kier molecular flexibility index (Phi) is 7.92. The molecule has 0 saturated carbocycles. The molecule has 1 fully saturated rings. The van der Waals surface area contributed by atoms with E-state index in [9.17, 15) is 9.59 Å². The van der Waals surface area contributed by atoms with Crippen LogP contribution in [0.2, 0.25) is 0 Å². The van der Waals surface area contributed by atoms with Crippen molar-refractivity contribution in [3.63, 3.8) is 0 Å². The molecule has 25 heavy (non-hydrogen) atoms. The molecule has 1 N–H and O–H groups in total. The van der Waals surface area contributed by atoms with Crippen LogP contribution in [0.5, 0.6) is 0 Å². The zero-order valence-electron chi connectivity index (χ0n) is 15.6. The zero-order valence-corrected chi connectivity index (χ0v) is 15.6. The third kappa shape index (κ3) is 6.16. The fourth-order valence-electron chi connectivity index (χ4n) is 3.30. The van der Waals surface area contributed by atoms with Crippen molar-refractivity contribution in [1.29, 1.82) is 0 Å². The highest BCUT2D eigenvalue weighted by Crippen LogP contribution is 2.14. The molecule has 1 saturated heterocycles. The standard InChI is InChI=1S/C20H31N3O2/c1-3-23(4-2)20(25)17-11-10-12-18(15-17)21-19(24)16-22-13-8-6-5-7-9-14-22/h10-12,15H,3-9,13-14,16H2,1-2H3,(H,21,24). The van der Waals surface area contributed by atoms with Crippen LogP contribution >= 0.6 is 0 Å². The Bertz CT molecular complexity index is 562. The number of hydrogen-bond donors (Lipinski definition) is 1. The number of anilines is 1. The molecule has 1 aromatic rings. The van der Waals surface area contributed by atoms with Crippen LogP contribution in [0.25, 0.3) is 0 Å². The van der Waals surface area contributed by atoms with Crippen LogP contribution in [-0.2, 0) is 4.79 Å². The smallest absolute Gasteiger partial charge is 0.253 e. The van der Waals surface area contributed by atoms with E-state index in [4.69, 9.17) is 0 Å². The van der Waals surface area contributed by atoms with Crippen LogP contribution in [0.15, 0.2) is 24.3 Å². The first kappa shape index (κ1) is 19.4. The van der Waals surface area contributed by atoms with E-state index in [-0.39, 0.29) is 11.8 Å². The zero-order chi connectivity index (χ0) is 18.1. The van der Waals surface area contributed by atoms with Gasteiger partial charge in [-0.15, -0.1) is 0 Å². The maximum Gasteiger partial charge on any atom is 0.253 e. The van der Waals surface area contributed by atoms with Gasteiger partial charge in [0.1, 0.15) is 0 Å². The number of nitrogens with one attached hydrogen (secondary N) is 1. The Morgan fingerprint density at radius 2 is 1.68 bits per heavy atom. The maximum atomic E-state index is 12.4. The van der Waals surface area contributed by atoms with Gasteiger partial charge in [-0.05, 0) is 58.0 Å². The fraction of sp³-hybridized carbons (Fsp3) is 0.600. The number of benzene rings is 1. The van der Waals surface area contributed by atoms with Gasteiger partial charge >= 0.3 is 0 Å². The molecule has 1 aromatic carbocycles. The summed E-state index contributed by atoms with van der Waals surface area (Å²) < 4.78 is 0. The summed E-state index contributed by atoms with van der Waals surface area (Å²) in [6, 6.07) is 7.23. The van der Waals surface area contributed by atoms with Gasteiger partial charge in [-0.25, -0.2) is 0 Å². The maximum absolute atomic E-state index is 12.4. The van der Waals surface area contributed by atoms with E-state index < -0.39 is 0 Å². The molecular weight excluding hydrogens is 314 g/mol. The van der Waals surface area contributed by atoms with Gasteiger partial charge in [0.15, 0.2) is 0 Å². The minimum atomic E-state index is -0.00647. The topological polar surface area (TPSA) is 52.7 Å². The molecule has 138 valence electrons. The van der Waals surface area contributed by atoms with Crippen molar-refractivity contribution in [2.24, 2.45) is 0 Å². The molecule has 2 amide bonds. The van der Waals surface area contributed by atoms with Crippen molar-refractivity contribution in [2.75, 3.05) is 38.0 Å². The van der Waals surface area contributed by atoms with Crippen LogP contribution in [0, 0.1) is 0 Å². The minimum absolute atomic E-state index is 0.00451. The summed E-state index contributed by atoms with van der Waals surface area (Å²) in [7, 11) is 0. The summed E-state index contributed by atoms with van der Waals surface area (Å²) in [6.07, 6.45) is 6.16. The predicted octanol–water partition coefficient (Wildman–Crippen LogP) is 3.37. The van der Waals surface area contributed by atoms with Crippen molar-refractivity contribution in [1.82, 2.24) is 9.80 Å². The molecule has 2 rings (SSSR count). The van der Waals surface area contributed by atoms with Crippen LogP contribution < -0.4 is 5.32 Å². The SMILES string of the molecule is CCN(CC)C(=O)c1cccc(NC(=O)CN2CCCCCCC2)c1. The van der Waals surface area contributed by atoms with E-state index in [1.165, 1.54) is 32.1 Å². The van der Waals surface area contributed by atoms with Crippen molar-refractivity contribution in [2.45, 2.75) is 46.0 Å². The second-order valence-corrected chi connectivity index (χ2v) is 6.65. The van der Waals surface area contributed by atoms with E-state index in [2.05, 4.69) is 10.2 Å². The van der Waals surface area contributed by atoms with Crippen molar-refractivity contribution >= 4 is 17.5 Å². The number of rotatable bonds is 6. The first-order chi connectivity index (χ1) is 12.1. The lowest BCUT2D eigenvalue weighted by molar-refractivity contribution is -0.117. The van der Waals surface area contributed by atoms with Gasteiger partial charge in [0, 0.05) is 24.3 Å².